The average molecular weight is 221 g/mol. The van der Waals surface area contributed by atoms with E-state index in [1.807, 2.05) is 12.5 Å². The van der Waals surface area contributed by atoms with Gasteiger partial charge in [-0.2, -0.15) is 0 Å². The van der Waals surface area contributed by atoms with Crippen LogP contribution in [-0.2, 0) is 11.3 Å². The SMILES string of the molecule is c1ncn(CC2CCCCO2)c1C1CNC1. The molecular formula is C12H19N3O. The summed E-state index contributed by atoms with van der Waals surface area (Å²) in [6, 6.07) is 0. The highest BCUT2D eigenvalue weighted by atomic mass is 16.5. The summed E-state index contributed by atoms with van der Waals surface area (Å²) in [5.74, 6) is 0.658. The first kappa shape index (κ1) is 10.3. The second-order valence-corrected chi connectivity index (χ2v) is 4.81. The molecule has 16 heavy (non-hydrogen) atoms. The Morgan fingerprint density at radius 3 is 3.06 bits per heavy atom. The van der Waals surface area contributed by atoms with Gasteiger partial charge in [0.25, 0.3) is 0 Å². The summed E-state index contributed by atoms with van der Waals surface area (Å²) in [4.78, 5) is 4.27. The Morgan fingerprint density at radius 1 is 1.44 bits per heavy atom. The van der Waals surface area contributed by atoms with Gasteiger partial charge in [0.2, 0.25) is 0 Å². The molecule has 2 saturated heterocycles. The van der Waals surface area contributed by atoms with Crippen LogP contribution < -0.4 is 5.32 Å². The fourth-order valence-electron chi connectivity index (χ4n) is 2.49. The maximum Gasteiger partial charge on any atom is 0.0949 e. The van der Waals surface area contributed by atoms with E-state index >= 15 is 0 Å². The van der Waals surface area contributed by atoms with Crippen LogP contribution in [0.15, 0.2) is 12.5 Å². The molecule has 0 amide bonds. The van der Waals surface area contributed by atoms with Crippen LogP contribution in [0, 0.1) is 0 Å². The van der Waals surface area contributed by atoms with Crippen LogP contribution in [0.4, 0.5) is 0 Å². The summed E-state index contributed by atoms with van der Waals surface area (Å²) < 4.78 is 8.05. The zero-order chi connectivity index (χ0) is 10.8. The lowest BCUT2D eigenvalue weighted by atomic mass is 9.99. The molecule has 1 N–H and O–H groups in total. The van der Waals surface area contributed by atoms with E-state index in [-0.39, 0.29) is 0 Å². The van der Waals surface area contributed by atoms with E-state index in [2.05, 4.69) is 14.9 Å². The van der Waals surface area contributed by atoms with Gasteiger partial charge in [0.15, 0.2) is 0 Å². The predicted molar refractivity (Wildman–Crippen MR) is 61.4 cm³/mol. The predicted octanol–water partition coefficient (Wildman–Crippen LogP) is 1.14. The van der Waals surface area contributed by atoms with Crippen LogP contribution in [0.2, 0.25) is 0 Å². The lowest BCUT2D eigenvalue weighted by Gasteiger charge is -2.29. The van der Waals surface area contributed by atoms with Gasteiger partial charge >= 0.3 is 0 Å². The number of ether oxygens (including phenoxy) is 1. The van der Waals surface area contributed by atoms with Crippen LogP contribution in [0.3, 0.4) is 0 Å². The fraction of sp³-hybridized carbons (Fsp3) is 0.750. The van der Waals surface area contributed by atoms with Crippen molar-refractivity contribution in [2.75, 3.05) is 19.7 Å². The number of hydrogen-bond acceptors (Lipinski definition) is 3. The van der Waals surface area contributed by atoms with Crippen LogP contribution in [-0.4, -0.2) is 35.4 Å². The van der Waals surface area contributed by atoms with Gasteiger partial charge < -0.3 is 14.6 Å². The van der Waals surface area contributed by atoms with Gasteiger partial charge in [-0.05, 0) is 19.3 Å². The van der Waals surface area contributed by atoms with E-state index < -0.39 is 0 Å². The number of rotatable bonds is 3. The van der Waals surface area contributed by atoms with E-state index in [1.165, 1.54) is 25.0 Å². The van der Waals surface area contributed by atoms with Gasteiger partial charge in [-0.25, -0.2) is 4.98 Å². The zero-order valence-electron chi connectivity index (χ0n) is 9.56. The second kappa shape index (κ2) is 4.55. The molecule has 2 fully saturated rings. The summed E-state index contributed by atoms with van der Waals surface area (Å²) in [5, 5.41) is 3.31. The first-order valence-electron chi connectivity index (χ1n) is 6.26. The van der Waals surface area contributed by atoms with Crippen LogP contribution in [0.5, 0.6) is 0 Å². The van der Waals surface area contributed by atoms with Crippen LogP contribution in [0.25, 0.3) is 0 Å². The van der Waals surface area contributed by atoms with Crippen molar-refractivity contribution in [2.24, 2.45) is 0 Å². The van der Waals surface area contributed by atoms with E-state index in [9.17, 15) is 0 Å². The van der Waals surface area contributed by atoms with Crippen molar-refractivity contribution >= 4 is 0 Å². The van der Waals surface area contributed by atoms with E-state index in [0.29, 0.717) is 12.0 Å². The van der Waals surface area contributed by atoms with Crippen molar-refractivity contribution < 1.29 is 4.74 Å². The van der Waals surface area contributed by atoms with Gasteiger partial charge in [-0.1, -0.05) is 0 Å². The largest absolute Gasteiger partial charge is 0.376 e. The Bertz CT molecular complexity index is 340. The molecule has 3 heterocycles. The molecule has 4 heteroatoms. The lowest BCUT2D eigenvalue weighted by molar-refractivity contribution is 0.00531. The van der Waals surface area contributed by atoms with Crippen molar-refractivity contribution in [3.63, 3.8) is 0 Å². The highest BCUT2D eigenvalue weighted by Crippen LogP contribution is 2.21. The minimum atomic E-state index is 0.398. The third-order valence-electron chi connectivity index (χ3n) is 3.62. The number of imidazole rings is 1. The molecule has 0 spiro atoms. The van der Waals surface area contributed by atoms with Crippen molar-refractivity contribution in [2.45, 2.75) is 37.8 Å². The molecule has 0 aromatic carbocycles. The highest BCUT2D eigenvalue weighted by molar-refractivity contribution is 5.11. The van der Waals surface area contributed by atoms with Crippen molar-refractivity contribution in [1.29, 1.82) is 0 Å². The van der Waals surface area contributed by atoms with Crippen LogP contribution in [0.1, 0.15) is 30.9 Å². The van der Waals surface area contributed by atoms with Crippen molar-refractivity contribution in [3.8, 4) is 0 Å². The fourth-order valence-corrected chi connectivity index (χ4v) is 2.49. The molecule has 2 aliphatic rings. The number of nitrogens with zero attached hydrogens (tertiary/aromatic N) is 2. The van der Waals surface area contributed by atoms with Gasteiger partial charge in [0, 0.05) is 37.5 Å². The second-order valence-electron chi connectivity index (χ2n) is 4.81. The van der Waals surface area contributed by atoms with E-state index in [1.54, 1.807) is 0 Å². The highest BCUT2D eigenvalue weighted by Gasteiger charge is 2.23. The maximum atomic E-state index is 5.77. The standard InChI is InChI=1S/C12H19N3O/c1-2-4-16-11(3-1)8-15-9-14-7-12(15)10-5-13-6-10/h7,9-11,13H,1-6,8H2. The molecule has 1 aromatic rings. The molecule has 88 valence electrons. The molecule has 1 atom stereocenters. The van der Waals surface area contributed by atoms with Crippen LogP contribution >= 0.6 is 0 Å². The topological polar surface area (TPSA) is 39.1 Å². The lowest BCUT2D eigenvalue weighted by Crippen LogP contribution is -2.41. The van der Waals surface area contributed by atoms with E-state index in [0.717, 1.165) is 26.2 Å². The monoisotopic (exact) mass is 221 g/mol. The first-order chi connectivity index (χ1) is 7.93. The average Bonchev–Trinajstić information content (AvgIpc) is 2.66. The number of aromatic nitrogens is 2. The minimum absolute atomic E-state index is 0.398. The summed E-state index contributed by atoms with van der Waals surface area (Å²) in [5.41, 5.74) is 1.37. The molecule has 1 unspecified atom stereocenters. The Balaban J connectivity index is 1.66. The Morgan fingerprint density at radius 2 is 2.38 bits per heavy atom. The molecule has 1 aromatic heterocycles. The summed E-state index contributed by atoms with van der Waals surface area (Å²) in [7, 11) is 0. The third kappa shape index (κ3) is 1.99. The smallest absolute Gasteiger partial charge is 0.0949 e. The molecule has 0 aliphatic carbocycles. The molecule has 3 rings (SSSR count). The third-order valence-corrected chi connectivity index (χ3v) is 3.62. The van der Waals surface area contributed by atoms with Gasteiger partial charge in [0.05, 0.1) is 19.0 Å². The Hall–Kier alpha value is -0.870. The van der Waals surface area contributed by atoms with Crippen molar-refractivity contribution in [3.05, 3.63) is 18.2 Å². The summed E-state index contributed by atoms with van der Waals surface area (Å²) in [6.45, 7) is 4.10. The minimum Gasteiger partial charge on any atom is -0.376 e. The molecule has 2 aliphatic heterocycles. The molecular weight excluding hydrogens is 202 g/mol. The number of nitrogens with one attached hydrogen (secondary N) is 1. The maximum absolute atomic E-state index is 5.77. The molecule has 0 saturated carbocycles. The quantitative estimate of drug-likeness (QED) is 0.832. The zero-order valence-corrected chi connectivity index (χ0v) is 9.56. The van der Waals surface area contributed by atoms with E-state index in [4.69, 9.17) is 4.74 Å². The Kier molecular flexibility index (Phi) is 2.93. The van der Waals surface area contributed by atoms with Crippen molar-refractivity contribution in [1.82, 2.24) is 14.9 Å². The van der Waals surface area contributed by atoms with Gasteiger partial charge in [-0.15, -0.1) is 0 Å². The molecule has 0 radical (unpaired) electrons. The normalized spacial score (nSPS) is 26.6. The molecule has 0 bridgehead atoms. The summed E-state index contributed by atoms with van der Waals surface area (Å²) in [6.07, 6.45) is 8.08. The Labute approximate surface area is 96.0 Å². The molecule has 4 nitrogen and oxygen atoms in total. The first-order valence-corrected chi connectivity index (χ1v) is 6.26. The van der Waals surface area contributed by atoms with Gasteiger partial charge in [0.1, 0.15) is 0 Å². The van der Waals surface area contributed by atoms with Gasteiger partial charge in [-0.3, -0.25) is 0 Å². The summed E-state index contributed by atoms with van der Waals surface area (Å²) >= 11 is 0. The number of hydrogen-bond donors (Lipinski definition) is 1.